The lowest BCUT2D eigenvalue weighted by molar-refractivity contribution is 0.0145. The monoisotopic (exact) mass is 321 g/mol. The van der Waals surface area contributed by atoms with Gasteiger partial charge in [-0.05, 0) is 31.1 Å². The van der Waals surface area contributed by atoms with Gasteiger partial charge in [0.2, 0.25) is 0 Å². The zero-order chi connectivity index (χ0) is 15.2. The van der Waals surface area contributed by atoms with Gasteiger partial charge in [0, 0.05) is 25.6 Å². The highest BCUT2D eigenvalue weighted by Crippen LogP contribution is 2.48. The van der Waals surface area contributed by atoms with E-state index < -0.39 is 0 Å². The van der Waals surface area contributed by atoms with E-state index in [4.69, 9.17) is 25.8 Å². The normalized spacial score (nSPS) is 16.3. The summed E-state index contributed by atoms with van der Waals surface area (Å²) in [5, 5.41) is 3.46. The van der Waals surface area contributed by atoms with Crippen molar-refractivity contribution in [3.8, 4) is 0 Å². The van der Waals surface area contributed by atoms with Crippen molar-refractivity contribution < 1.29 is 14.2 Å². The molecule has 0 amide bonds. The molecule has 1 fully saturated rings. The Morgan fingerprint density at radius 2 is 1.57 bits per heavy atom. The summed E-state index contributed by atoms with van der Waals surface area (Å²) in [6.45, 7) is 8.38. The van der Waals surface area contributed by atoms with Gasteiger partial charge in [-0.1, -0.05) is 13.3 Å². The Morgan fingerprint density at radius 3 is 2.14 bits per heavy atom. The SMILES string of the molecule is CCCCOCCOCCOCCNCC1(CCCl)CC1. The average molecular weight is 322 g/mol. The standard InChI is InChI=1S/C16H32ClNO3/c1-2-3-9-19-11-13-21-14-12-20-10-8-18-15-16(4-5-16)6-7-17/h18H,2-15H2,1H3. The van der Waals surface area contributed by atoms with E-state index in [9.17, 15) is 0 Å². The Labute approximate surface area is 134 Å². The first-order valence-electron chi connectivity index (χ1n) is 8.33. The summed E-state index contributed by atoms with van der Waals surface area (Å²) >= 11 is 5.81. The fourth-order valence-electron chi connectivity index (χ4n) is 2.18. The minimum absolute atomic E-state index is 0.503. The van der Waals surface area contributed by atoms with Crippen LogP contribution in [0.4, 0.5) is 0 Å². The predicted octanol–water partition coefficient (Wildman–Crippen LogP) is 2.84. The highest BCUT2D eigenvalue weighted by molar-refractivity contribution is 6.17. The molecule has 1 aliphatic rings. The van der Waals surface area contributed by atoms with Crippen molar-refractivity contribution in [2.24, 2.45) is 5.41 Å². The Kier molecular flexibility index (Phi) is 11.6. The second-order valence-corrected chi connectivity index (χ2v) is 6.18. The van der Waals surface area contributed by atoms with Crippen molar-refractivity contribution in [1.29, 1.82) is 0 Å². The summed E-state index contributed by atoms with van der Waals surface area (Å²) in [7, 11) is 0. The van der Waals surface area contributed by atoms with Crippen LogP contribution in [0.2, 0.25) is 0 Å². The van der Waals surface area contributed by atoms with Gasteiger partial charge >= 0.3 is 0 Å². The van der Waals surface area contributed by atoms with Crippen LogP contribution in [0.3, 0.4) is 0 Å². The zero-order valence-electron chi connectivity index (χ0n) is 13.5. The molecule has 0 aromatic heterocycles. The fraction of sp³-hybridized carbons (Fsp3) is 1.00. The van der Waals surface area contributed by atoms with E-state index in [1.807, 2.05) is 0 Å². The summed E-state index contributed by atoms with van der Waals surface area (Å²) < 4.78 is 16.4. The first-order chi connectivity index (χ1) is 10.3. The summed E-state index contributed by atoms with van der Waals surface area (Å²) in [6, 6.07) is 0. The molecule has 126 valence electrons. The van der Waals surface area contributed by atoms with E-state index in [-0.39, 0.29) is 0 Å². The number of nitrogens with one attached hydrogen (secondary N) is 1. The van der Waals surface area contributed by atoms with E-state index in [1.165, 1.54) is 19.3 Å². The van der Waals surface area contributed by atoms with Gasteiger partial charge in [0.1, 0.15) is 0 Å². The summed E-state index contributed by atoms with van der Waals surface area (Å²) in [4.78, 5) is 0. The van der Waals surface area contributed by atoms with Crippen LogP contribution in [0.15, 0.2) is 0 Å². The lowest BCUT2D eigenvalue weighted by Gasteiger charge is -2.14. The van der Waals surface area contributed by atoms with E-state index in [0.29, 0.717) is 31.8 Å². The first-order valence-corrected chi connectivity index (χ1v) is 8.86. The van der Waals surface area contributed by atoms with Gasteiger partial charge in [0.05, 0.1) is 33.0 Å². The third-order valence-electron chi connectivity index (χ3n) is 3.89. The maximum absolute atomic E-state index is 5.81. The molecule has 0 spiro atoms. The number of hydrogen-bond donors (Lipinski definition) is 1. The molecule has 0 aliphatic heterocycles. The third kappa shape index (κ3) is 10.5. The molecule has 0 heterocycles. The van der Waals surface area contributed by atoms with E-state index in [1.54, 1.807) is 0 Å². The maximum Gasteiger partial charge on any atom is 0.0701 e. The molecular weight excluding hydrogens is 290 g/mol. The molecule has 1 N–H and O–H groups in total. The molecule has 1 aliphatic carbocycles. The van der Waals surface area contributed by atoms with E-state index in [0.717, 1.165) is 45.0 Å². The average Bonchev–Trinajstić information content (AvgIpc) is 3.24. The lowest BCUT2D eigenvalue weighted by Crippen LogP contribution is -2.28. The van der Waals surface area contributed by atoms with Crippen LogP contribution >= 0.6 is 11.6 Å². The van der Waals surface area contributed by atoms with Crippen LogP contribution in [0.25, 0.3) is 0 Å². The summed E-state index contributed by atoms with van der Waals surface area (Å²) in [6.07, 6.45) is 6.08. The predicted molar refractivity (Wildman–Crippen MR) is 87.2 cm³/mol. The van der Waals surface area contributed by atoms with Crippen LogP contribution in [0.5, 0.6) is 0 Å². The quantitative estimate of drug-likeness (QED) is 0.350. The van der Waals surface area contributed by atoms with Crippen LogP contribution in [-0.2, 0) is 14.2 Å². The van der Waals surface area contributed by atoms with Crippen LogP contribution in [-0.4, -0.2) is 58.6 Å². The highest BCUT2D eigenvalue weighted by Gasteiger charge is 2.40. The van der Waals surface area contributed by atoms with Crippen LogP contribution in [0.1, 0.15) is 39.0 Å². The minimum Gasteiger partial charge on any atom is -0.379 e. The van der Waals surface area contributed by atoms with Crippen molar-refractivity contribution in [2.45, 2.75) is 39.0 Å². The molecule has 1 rings (SSSR count). The summed E-state index contributed by atoms with van der Waals surface area (Å²) in [5.41, 5.74) is 0.503. The van der Waals surface area contributed by atoms with Gasteiger partial charge in [-0.2, -0.15) is 0 Å². The van der Waals surface area contributed by atoms with Gasteiger partial charge in [-0.3, -0.25) is 0 Å². The fourth-order valence-corrected chi connectivity index (χ4v) is 2.58. The minimum atomic E-state index is 0.503. The van der Waals surface area contributed by atoms with Crippen LogP contribution in [0, 0.1) is 5.41 Å². The molecule has 0 atom stereocenters. The van der Waals surface area contributed by atoms with E-state index >= 15 is 0 Å². The van der Waals surface area contributed by atoms with Crippen molar-refractivity contribution in [1.82, 2.24) is 5.32 Å². The molecule has 5 heteroatoms. The number of rotatable bonds is 16. The van der Waals surface area contributed by atoms with Gasteiger partial charge in [0.25, 0.3) is 0 Å². The summed E-state index contributed by atoms with van der Waals surface area (Å²) in [5.74, 6) is 0.775. The van der Waals surface area contributed by atoms with Gasteiger partial charge in [-0.25, -0.2) is 0 Å². The van der Waals surface area contributed by atoms with Crippen LogP contribution < -0.4 is 5.32 Å². The number of ether oxygens (including phenoxy) is 3. The molecule has 1 saturated carbocycles. The molecule has 0 unspecified atom stereocenters. The van der Waals surface area contributed by atoms with Gasteiger partial charge in [0.15, 0.2) is 0 Å². The molecule has 0 aromatic carbocycles. The zero-order valence-corrected chi connectivity index (χ0v) is 14.3. The topological polar surface area (TPSA) is 39.7 Å². The molecular formula is C16H32ClNO3. The Hall–Kier alpha value is 0.130. The molecule has 0 radical (unpaired) electrons. The molecule has 4 nitrogen and oxygen atoms in total. The Morgan fingerprint density at radius 1 is 0.952 bits per heavy atom. The highest BCUT2D eigenvalue weighted by atomic mass is 35.5. The van der Waals surface area contributed by atoms with Crippen molar-refractivity contribution in [2.75, 3.05) is 58.6 Å². The van der Waals surface area contributed by atoms with Crippen molar-refractivity contribution >= 4 is 11.6 Å². The molecule has 0 saturated heterocycles. The molecule has 0 bridgehead atoms. The maximum atomic E-state index is 5.81. The number of halogens is 1. The molecule has 21 heavy (non-hydrogen) atoms. The smallest absolute Gasteiger partial charge is 0.0701 e. The Balaban J connectivity index is 1.71. The van der Waals surface area contributed by atoms with Gasteiger partial charge < -0.3 is 19.5 Å². The second-order valence-electron chi connectivity index (χ2n) is 5.81. The lowest BCUT2D eigenvalue weighted by atomic mass is 10.0. The number of alkyl halides is 1. The second kappa shape index (κ2) is 12.7. The third-order valence-corrected chi connectivity index (χ3v) is 4.08. The first kappa shape index (κ1) is 19.2. The van der Waals surface area contributed by atoms with E-state index in [2.05, 4.69) is 12.2 Å². The van der Waals surface area contributed by atoms with Gasteiger partial charge in [-0.15, -0.1) is 11.6 Å². The number of hydrogen-bond acceptors (Lipinski definition) is 4. The van der Waals surface area contributed by atoms with Crippen molar-refractivity contribution in [3.05, 3.63) is 0 Å². The molecule has 0 aromatic rings. The number of unbranched alkanes of at least 4 members (excludes halogenated alkanes) is 1. The Bertz CT molecular complexity index is 238. The largest absolute Gasteiger partial charge is 0.379 e. The van der Waals surface area contributed by atoms with Crippen molar-refractivity contribution in [3.63, 3.8) is 0 Å².